The largest absolute Gasteiger partial charge is 0.481 e. The fraction of sp³-hybridized carbons (Fsp3) is 0.554. The van der Waals surface area contributed by atoms with Crippen LogP contribution in [0.2, 0.25) is 0 Å². The average molecular weight is 1230 g/mol. The third kappa shape index (κ3) is 17.5. The number of piperidine rings is 2. The number of fused-ring (bicyclic) bond motifs is 2. The number of anilines is 2. The molecule has 24 heteroatoms. The van der Waals surface area contributed by atoms with Crippen LogP contribution < -0.4 is 38.0 Å². The second kappa shape index (κ2) is 29.9. The number of aromatic nitrogens is 5. The molecule has 0 bridgehead atoms. The quantitative estimate of drug-likeness (QED) is 0.0380. The van der Waals surface area contributed by atoms with E-state index in [9.17, 15) is 38.3 Å². The Morgan fingerprint density at radius 2 is 1.11 bits per heavy atom. The van der Waals surface area contributed by atoms with Crippen molar-refractivity contribution in [2.75, 3.05) is 104 Å². The summed E-state index contributed by atoms with van der Waals surface area (Å²) >= 11 is 0. The first-order valence-electron chi connectivity index (χ1n) is 31.2. The number of aromatic amines is 2. The van der Waals surface area contributed by atoms with Gasteiger partial charge in [0.2, 0.25) is 17.7 Å². The van der Waals surface area contributed by atoms with E-state index in [0.717, 1.165) is 68.4 Å². The Morgan fingerprint density at radius 1 is 0.629 bits per heavy atom. The monoisotopic (exact) mass is 1230 g/mol. The predicted octanol–water partition coefficient (Wildman–Crippen LogP) is 7.09. The number of hydrogen-bond donors (Lipinski definition) is 8. The number of H-pyrrole nitrogens is 2. The molecular weight excluding hydrogens is 1140 g/mol. The maximum Gasteiger partial charge on any atom is 0.327 e. The Kier molecular flexibility index (Phi) is 22.6. The summed E-state index contributed by atoms with van der Waals surface area (Å²) in [7, 11) is 7.79. The number of amides is 3. The topological polar surface area (TPSA) is 253 Å². The van der Waals surface area contributed by atoms with E-state index in [1.54, 1.807) is 43.7 Å². The van der Waals surface area contributed by atoms with Crippen LogP contribution in [0.1, 0.15) is 128 Å². The van der Waals surface area contributed by atoms with Gasteiger partial charge >= 0.3 is 17.3 Å². The number of rotatable bonds is 20. The summed E-state index contributed by atoms with van der Waals surface area (Å²) < 4.78 is 33.4. The summed E-state index contributed by atoms with van der Waals surface area (Å²) in [6, 6.07) is 19.9. The molecule has 22 nitrogen and oxygen atoms in total. The number of para-hydroxylation sites is 4. The number of hydrogen-bond acceptors (Lipinski definition) is 14. The van der Waals surface area contributed by atoms with Crippen molar-refractivity contribution in [1.29, 1.82) is 0 Å². The van der Waals surface area contributed by atoms with Crippen LogP contribution in [0.5, 0.6) is 0 Å². The number of carboxylic acids is 1. The van der Waals surface area contributed by atoms with Crippen LogP contribution in [0.4, 0.5) is 20.2 Å². The molecule has 4 fully saturated rings. The van der Waals surface area contributed by atoms with Crippen molar-refractivity contribution in [3.8, 4) is 0 Å². The molecule has 0 spiro atoms. The maximum absolute atomic E-state index is 15.1. The molecule has 3 aromatic carbocycles. The van der Waals surface area contributed by atoms with E-state index in [-0.39, 0.29) is 64.6 Å². The number of carbonyl (C=O) groups is 4. The van der Waals surface area contributed by atoms with Gasteiger partial charge in [-0.25, -0.2) is 23.4 Å². The molecule has 89 heavy (non-hydrogen) atoms. The molecule has 4 aliphatic heterocycles. The Hall–Kier alpha value is -7.51. The molecule has 0 aliphatic carbocycles. The highest BCUT2D eigenvalue weighted by Gasteiger charge is 2.44. The van der Waals surface area contributed by atoms with Crippen molar-refractivity contribution in [2.24, 2.45) is 10.8 Å². The lowest BCUT2D eigenvalue weighted by Gasteiger charge is -2.33. The van der Waals surface area contributed by atoms with E-state index in [1.807, 2.05) is 85.0 Å². The van der Waals surface area contributed by atoms with E-state index in [4.69, 9.17) is 0 Å². The van der Waals surface area contributed by atoms with Crippen molar-refractivity contribution < 1.29 is 33.1 Å². The number of imidazole rings is 2. The molecule has 4 aliphatic rings. The third-order valence-corrected chi connectivity index (χ3v) is 16.8. The van der Waals surface area contributed by atoms with E-state index in [2.05, 4.69) is 83.1 Å². The van der Waals surface area contributed by atoms with Crippen molar-refractivity contribution in [3.05, 3.63) is 123 Å². The zero-order valence-electron chi connectivity index (χ0n) is 53.4. The molecule has 0 saturated carbocycles. The highest BCUT2D eigenvalue weighted by atomic mass is 19.1. The lowest BCUT2D eigenvalue weighted by atomic mass is 9.92. The Balaban J connectivity index is 0.000000193. The van der Waals surface area contributed by atoms with Gasteiger partial charge in [0.25, 0.3) is 0 Å². The SMILES string of the molecule is CN(C)CCNc1c(F)cccc1C1N[C@@H](CC(=O)N2CCC(n3c(=O)[nH]c4ccccc43)CC2)C(=O)N1CCC(C)(C)C.CN(C)CCNc1c(F)cccc1C1N[C@@H](CC(=O)O)C(=O)N1CCC(C)(C)C.O=c1[nH]c2ncccc2n1C1CCNCC1. The van der Waals surface area contributed by atoms with E-state index in [1.165, 1.54) is 12.1 Å². The second-order valence-electron chi connectivity index (χ2n) is 26.7. The summed E-state index contributed by atoms with van der Waals surface area (Å²) in [5.74, 6) is -2.31. The lowest BCUT2D eigenvalue weighted by molar-refractivity contribution is -0.140. The van der Waals surface area contributed by atoms with Crippen LogP contribution in [0.15, 0.2) is 88.6 Å². The number of nitrogens with zero attached hydrogens (tertiary/aromatic N) is 8. The van der Waals surface area contributed by atoms with Crippen LogP contribution in [0.3, 0.4) is 0 Å². The van der Waals surface area contributed by atoms with Gasteiger partial charge in [0, 0.05) is 81.8 Å². The first-order chi connectivity index (χ1) is 42.3. The molecule has 8 N–H and O–H groups in total. The number of likely N-dealkylation sites (N-methyl/N-ethyl adjacent to an activating group) is 2. The minimum absolute atomic E-state index is 0.00222. The van der Waals surface area contributed by atoms with Crippen LogP contribution in [-0.4, -0.2) is 183 Å². The van der Waals surface area contributed by atoms with Gasteiger partial charge in [-0.2, -0.15) is 0 Å². The summed E-state index contributed by atoms with van der Waals surface area (Å²) in [5, 5.41) is 25.4. The van der Waals surface area contributed by atoms with Gasteiger partial charge in [-0.3, -0.25) is 43.9 Å². The Morgan fingerprint density at radius 3 is 1.63 bits per heavy atom. The molecule has 7 heterocycles. The van der Waals surface area contributed by atoms with Crippen LogP contribution >= 0.6 is 0 Å². The normalized spacial score (nSPS) is 19.5. The maximum atomic E-state index is 15.1. The van der Waals surface area contributed by atoms with E-state index >= 15 is 4.39 Å². The van der Waals surface area contributed by atoms with Crippen molar-refractivity contribution in [1.82, 2.24) is 64.5 Å². The molecule has 484 valence electrons. The molecule has 3 aromatic heterocycles. The molecular formula is C65H93F2N15O7. The molecule has 10 rings (SSSR count). The standard InChI is InChI=1S/C33H46FN7O3.C21H33FN4O3.C11H14N4O/c1-33(2,3)15-19-40-30(23-9-8-10-24(34)29(23)35-16-20-38(4)5)36-26(31(40)43)21-28(42)39-17-13-22(14-18-39)41-27-12-7-6-11-25(27)37-32(41)44;1-21(2,3)9-11-26-19(24-16(20(26)29)13-17(27)28)14-7-6-8-15(22)18(14)23-10-12-25(4)5;16-11-14-10-9(2-1-5-13-10)15(11)8-3-6-12-7-4-8/h6-12,22,26,30,35-36H,13-21H2,1-5H3,(H,37,44);6-8,16,19,23-24H,9-13H2,1-5H3,(H,27,28);1-2,5,8,12H,3-4,6-7H2,(H,13,14,16)/t26-,30?;16-,19?;/m00./s1. The number of aliphatic carboxylic acids is 1. The first kappa shape index (κ1) is 67.4. The van der Waals surface area contributed by atoms with Gasteiger partial charge < -0.3 is 50.5 Å². The van der Waals surface area contributed by atoms with Crippen LogP contribution in [-0.2, 0) is 19.2 Å². The summed E-state index contributed by atoms with van der Waals surface area (Å²) in [4.78, 5) is 95.2. The van der Waals surface area contributed by atoms with Crippen molar-refractivity contribution in [3.63, 3.8) is 0 Å². The summed E-state index contributed by atoms with van der Waals surface area (Å²) in [6.07, 6.45) is 5.11. The first-order valence-corrected chi connectivity index (χ1v) is 31.2. The minimum Gasteiger partial charge on any atom is -0.481 e. The molecule has 4 atom stereocenters. The minimum atomic E-state index is -1.05. The number of benzene rings is 3. The summed E-state index contributed by atoms with van der Waals surface area (Å²) in [6.45, 7) is 19.1. The van der Waals surface area contributed by atoms with Gasteiger partial charge in [-0.15, -0.1) is 0 Å². The number of carbonyl (C=O) groups excluding carboxylic acids is 3. The van der Waals surface area contributed by atoms with E-state index < -0.39 is 36.2 Å². The molecule has 3 amide bonds. The lowest BCUT2D eigenvalue weighted by Crippen LogP contribution is -2.43. The zero-order valence-corrected chi connectivity index (χ0v) is 53.4. The second-order valence-corrected chi connectivity index (χ2v) is 26.7. The van der Waals surface area contributed by atoms with Gasteiger partial charge in [-0.05, 0) is 127 Å². The van der Waals surface area contributed by atoms with Crippen molar-refractivity contribution >= 4 is 57.3 Å². The van der Waals surface area contributed by atoms with Gasteiger partial charge in [0.05, 0.1) is 52.9 Å². The zero-order chi connectivity index (χ0) is 64.3. The predicted molar refractivity (Wildman–Crippen MR) is 344 cm³/mol. The van der Waals surface area contributed by atoms with Crippen molar-refractivity contribution in [2.45, 2.75) is 129 Å². The van der Waals surface area contributed by atoms with Gasteiger partial charge in [0.1, 0.15) is 24.0 Å². The fourth-order valence-corrected chi connectivity index (χ4v) is 12.0. The van der Waals surface area contributed by atoms with Crippen LogP contribution in [0.25, 0.3) is 22.2 Å². The third-order valence-electron chi connectivity index (χ3n) is 16.8. The smallest absolute Gasteiger partial charge is 0.327 e. The Labute approximate surface area is 520 Å². The number of halogens is 2. The molecule has 4 saturated heterocycles. The molecule has 2 unspecified atom stereocenters. The Bertz CT molecular complexity index is 3500. The molecule has 0 radical (unpaired) electrons. The van der Waals surface area contributed by atoms with Gasteiger partial charge in [0.15, 0.2) is 5.65 Å². The highest BCUT2D eigenvalue weighted by Crippen LogP contribution is 2.37. The average Bonchev–Trinajstić information content (AvgIpc) is 1.90. The number of nitrogens with one attached hydrogen (secondary N) is 7. The fourth-order valence-electron chi connectivity index (χ4n) is 12.0. The summed E-state index contributed by atoms with van der Waals surface area (Å²) in [5.41, 5.74) is 5.09. The molecule has 6 aromatic rings. The highest BCUT2D eigenvalue weighted by molar-refractivity contribution is 5.91. The number of carboxylic acid groups (broad SMARTS) is 1. The number of pyridine rings is 1. The van der Waals surface area contributed by atoms with Gasteiger partial charge in [-0.1, -0.05) is 77.9 Å². The van der Waals surface area contributed by atoms with Crippen LogP contribution in [0, 0.1) is 22.5 Å². The van der Waals surface area contributed by atoms with E-state index in [0.29, 0.717) is 86.3 Å². The number of likely N-dealkylation sites (tertiary alicyclic amines) is 1.